The maximum atomic E-state index is 14.1. The van der Waals surface area contributed by atoms with Gasteiger partial charge in [0.05, 0.1) is 11.5 Å². The van der Waals surface area contributed by atoms with Crippen molar-refractivity contribution in [1.29, 1.82) is 0 Å². The van der Waals surface area contributed by atoms with Gasteiger partial charge >= 0.3 is 12.1 Å². The number of benzene rings is 1. The van der Waals surface area contributed by atoms with Gasteiger partial charge in [0, 0.05) is 19.6 Å². The first-order valence-corrected chi connectivity index (χ1v) is 12.4. The number of carboxylic acid groups (broad SMARTS) is 1. The van der Waals surface area contributed by atoms with Gasteiger partial charge in [0.1, 0.15) is 11.6 Å². The molecule has 36 heavy (non-hydrogen) atoms. The number of nitrogens with zero attached hydrogens (tertiary/aromatic N) is 2. The highest BCUT2D eigenvalue weighted by Crippen LogP contribution is 2.39. The summed E-state index contributed by atoms with van der Waals surface area (Å²) in [5, 5.41) is 21.5. The lowest BCUT2D eigenvalue weighted by Gasteiger charge is -2.44. The quantitative estimate of drug-likeness (QED) is 0.539. The maximum absolute atomic E-state index is 14.1. The molecular weight excluding hydrogens is 466 g/mol. The highest BCUT2D eigenvalue weighted by atomic mass is 16.6. The van der Waals surface area contributed by atoms with E-state index < -0.39 is 47.2 Å². The standard InChI is InChI=1S/C26H37N3O7/c1-17(30)20(22(32)33)27-21(31)19-11-8-14-29(19)23(34)26(18-9-6-5-7-10-18)12-15-28(16-13-26)24(35)36-25(2,3)4/h5-7,9-10,17,19-20,30H,8,11-16H2,1-4H3,(H,27,31)(H,32,33)/t17-,19-,20+/m1/s1. The van der Waals surface area contributed by atoms with E-state index in [0.29, 0.717) is 45.3 Å². The average molecular weight is 504 g/mol. The Kier molecular flexibility index (Phi) is 8.28. The first-order valence-electron chi connectivity index (χ1n) is 12.4. The summed E-state index contributed by atoms with van der Waals surface area (Å²) in [6.45, 7) is 7.72. The molecule has 0 radical (unpaired) electrons. The molecule has 0 aliphatic carbocycles. The Balaban J connectivity index is 1.84. The fourth-order valence-corrected chi connectivity index (χ4v) is 4.98. The summed E-state index contributed by atoms with van der Waals surface area (Å²) in [6, 6.07) is 7.07. The number of aliphatic carboxylic acids is 1. The highest BCUT2D eigenvalue weighted by molar-refractivity contribution is 5.95. The number of carboxylic acids is 1. The third-order valence-corrected chi connectivity index (χ3v) is 6.87. The summed E-state index contributed by atoms with van der Waals surface area (Å²) in [5.41, 5.74) is -0.743. The van der Waals surface area contributed by atoms with Crippen molar-refractivity contribution < 1.29 is 34.1 Å². The van der Waals surface area contributed by atoms with Crippen molar-refractivity contribution in [1.82, 2.24) is 15.1 Å². The third-order valence-electron chi connectivity index (χ3n) is 6.87. The lowest BCUT2D eigenvalue weighted by Crippen LogP contribution is -2.58. The number of aliphatic hydroxyl groups is 1. The van der Waals surface area contributed by atoms with E-state index in [2.05, 4.69) is 5.32 Å². The topological polar surface area (TPSA) is 136 Å². The van der Waals surface area contributed by atoms with Crippen LogP contribution in [0.1, 0.15) is 58.9 Å². The number of hydrogen-bond donors (Lipinski definition) is 3. The number of carbonyl (C=O) groups is 4. The molecule has 2 saturated heterocycles. The molecule has 0 unspecified atom stereocenters. The number of piperidine rings is 1. The molecule has 10 heteroatoms. The van der Waals surface area contributed by atoms with E-state index in [0.717, 1.165) is 5.56 Å². The van der Waals surface area contributed by atoms with Crippen LogP contribution in [0.5, 0.6) is 0 Å². The lowest BCUT2D eigenvalue weighted by molar-refractivity contribution is -0.148. The van der Waals surface area contributed by atoms with E-state index in [1.807, 2.05) is 30.3 Å². The molecule has 10 nitrogen and oxygen atoms in total. The molecule has 2 fully saturated rings. The number of amides is 3. The van der Waals surface area contributed by atoms with E-state index in [9.17, 15) is 29.4 Å². The van der Waals surface area contributed by atoms with Crippen LogP contribution in [0.25, 0.3) is 0 Å². The largest absolute Gasteiger partial charge is 0.480 e. The van der Waals surface area contributed by atoms with Gasteiger partial charge < -0.3 is 30.1 Å². The molecule has 3 rings (SSSR count). The minimum absolute atomic E-state index is 0.209. The summed E-state index contributed by atoms with van der Waals surface area (Å²) in [5.74, 6) is -2.15. The molecule has 0 aromatic heterocycles. The number of ether oxygens (including phenoxy) is 1. The zero-order chi connectivity index (χ0) is 26.7. The first-order chi connectivity index (χ1) is 16.9. The van der Waals surface area contributed by atoms with Crippen molar-refractivity contribution in [3.8, 4) is 0 Å². The Hall–Kier alpha value is -3.14. The van der Waals surface area contributed by atoms with Gasteiger partial charge in [0.2, 0.25) is 11.8 Å². The van der Waals surface area contributed by atoms with Gasteiger partial charge in [-0.25, -0.2) is 9.59 Å². The Morgan fingerprint density at radius 1 is 1.08 bits per heavy atom. The monoisotopic (exact) mass is 503 g/mol. The van der Waals surface area contributed by atoms with E-state index in [1.165, 1.54) is 11.8 Å². The first kappa shape index (κ1) is 27.4. The molecule has 0 saturated carbocycles. The Labute approximate surface area is 211 Å². The smallest absolute Gasteiger partial charge is 0.410 e. The van der Waals surface area contributed by atoms with Crippen LogP contribution < -0.4 is 5.32 Å². The van der Waals surface area contributed by atoms with Crippen LogP contribution in [-0.4, -0.2) is 87.3 Å². The molecular formula is C26H37N3O7. The van der Waals surface area contributed by atoms with Gasteiger partial charge in [-0.1, -0.05) is 30.3 Å². The summed E-state index contributed by atoms with van der Waals surface area (Å²) in [6.07, 6.45) is 0.0261. The molecule has 1 aromatic rings. The van der Waals surface area contributed by atoms with Gasteiger partial charge in [0.25, 0.3) is 0 Å². The molecule has 2 heterocycles. The van der Waals surface area contributed by atoms with Gasteiger partial charge in [0.15, 0.2) is 6.04 Å². The molecule has 0 bridgehead atoms. The van der Waals surface area contributed by atoms with Crippen LogP contribution in [0, 0.1) is 0 Å². The van der Waals surface area contributed by atoms with Crippen molar-refractivity contribution in [3.05, 3.63) is 35.9 Å². The van der Waals surface area contributed by atoms with Crippen LogP contribution in [-0.2, 0) is 24.5 Å². The second kappa shape index (κ2) is 10.9. The van der Waals surface area contributed by atoms with E-state index in [-0.39, 0.29) is 5.91 Å². The average Bonchev–Trinajstić information content (AvgIpc) is 3.31. The van der Waals surface area contributed by atoms with Gasteiger partial charge in [-0.15, -0.1) is 0 Å². The van der Waals surface area contributed by atoms with Crippen molar-refractivity contribution in [2.24, 2.45) is 0 Å². The van der Waals surface area contributed by atoms with Crippen LogP contribution in [0.15, 0.2) is 30.3 Å². The molecule has 2 aliphatic heterocycles. The second-order valence-electron chi connectivity index (χ2n) is 10.6. The Bertz CT molecular complexity index is 965. The zero-order valence-corrected chi connectivity index (χ0v) is 21.4. The summed E-state index contributed by atoms with van der Waals surface area (Å²) in [7, 11) is 0. The van der Waals surface area contributed by atoms with Gasteiger partial charge in [-0.3, -0.25) is 9.59 Å². The summed E-state index contributed by atoms with van der Waals surface area (Å²) in [4.78, 5) is 54.4. The van der Waals surface area contributed by atoms with Crippen LogP contribution >= 0.6 is 0 Å². The summed E-state index contributed by atoms with van der Waals surface area (Å²) < 4.78 is 5.51. The number of carbonyl (C=O) groups excluding carboxylic acids is 3. The molecule has 0 spiro atoms. The molecule has 2 aliphatic rings. The van der Waals surface area contributed by atoms with Crippen molar-refractivity contribution >= 4 is 23.9 Å². The molecule has 3 N–H and O–H groups in total. The molecule has 1 aromatic carbocycles. The number of likely N-dealkylation sites (tertiary alicyclic amines) is 2. The van der Waals surface area contributed by atoms with Gasteiger partial charge in [-0.05, 0) is 58.9 Å². The van der Waals surface area contributed by atoms with Crippen LogP contribution in [0.2, 0.25) is 0 Å². The predicted octanol–water partition coefficient (Wildman–Crippen LogP) is 1.90. The fourth-order valence-electron chi connectivity index (χ4n) is 4.98. The van der Waals surface area contributed by atoms with Crippen molar-refractivity contribution in [2.45, 2.75) is 82.6 Å². The number of hydrogen-bond acceptors (Lipinski definition) is 6. The Morgan fingerprint density at radius 2 is 1.69 bits per heavy atom. The normalized spacial score (nSPS) is 21.4. The third kappa shape index (κ3) is 5.98. The zero-order valence-electron chi connectivity index (χ0n) is 21.4. The van der Waals surface area contributed by atoms with Crippen LogP contribution in [0.4, 0.5) is 4.79 Å². The second-order valence-corrected chi connectivity index (χ2v) is 10.6. The molecule has 3 atom stereocenters. The fraction of sp³-hybridized carbons (Fsp3) is 0.615. The SMILES string of the molecule is C[C@@H](O)[C@H](NC(=O)[C@H]1CCCN1C(=O)C1(c2ccccc2)CCN(C(=O)OC(C)(C)C)CC1)C(=O)O. The molecule has 198 valence electrons. The number of rotatable bonds is 6. The van der Waals surface area contributed by atoms with Crippen molar-refractivity contribution in [2.75, 3.05) is 19.6 Å². The number of nitrogens with one attached hydrogen (secondary N) is 1. The summed E-state index contributed by atoms with van der Waals surface area (Å²) >= 11 is 0. The van der Waals surface area contributed by atoms with Crippen molar-refractivity contribution in [3.63, 3.8) is 0 Å². The lowest BCUT2D eigenvalue weighted by atomic mass is 9.71. The number of aliphatic hydroxyl groups excluding tert-OH is 1. The van der Waals surface area contributed by atoms with E-state index >= 15 is 0 Å². The minimum atomic E-state index is -1.46. The van der Waals surface area contributed by atoms with Crippen LogP contribution in [0.3, 0.4) is 0 Å². The van der Waals surface area contributed by atoms with Gasteiger partial charge in [-0.2, -0.15) is 0 Å². The van der Waals surface area contributed by atoms with E-state index in [1.54, 1.807) is 25.7 Å². The van der Waals surface area contributed by atoms with E-state index in [4.69, 9.17) is 4.74 Å². The maximum Gasteiger partial charge on any atom is 0.410 e. The predicted molar refractivity (Wildman–Crippen MR) is 131 cm³/mol. The Morgan fingerprint density at radius 3 is 2.22 bits per heavy atom. The highest BCUT2D eigenvalue weighted by Gasteiger charge is 2.49. The minimum Gasteiger partial charge on any atom is -0.480 e. The molecule has 3 amide bonds.